The number of halogens is 3. The van der Waals surface area contributed by atoms with Gasteiger partial charge >= 0.3 is 0 Å². The van der Waals surface area contributed by atoms with Gasteiger partial charge < -0.3 is 4.74 Å². The van der Waals surface area contributed by atoms with Crippen LogP contribution < -0.4 is 4.74 Å². The van der Waals surface area contributed by atoms with Gasteiger partial charge in [-0.05, 0) is 28.1 Å². The molecule has 17 heavy (non-hydrogen) atoms. The Kier molecular flexibility index (Phi) is 4.42. The Morgan fingerprint density at radius 2 is 1.94 bits per heavy atom. The number of nitrogens with zero attached hydrogens (tertiary/aromatic N) is 1. The van der Waals surface area contributed by atoms with Gasteiger partial charge in [-0.2, -0.15) is 0 Å². The van der Waals surface area contributed by atoms with Crippen LogP contribution in [0.2, 0.25) is 5.02 Å². The Hall–Kier alpha value is -0.580. The number of pyridine rings is 1. The summed E-state index contributed by atoms with van der Waals surface area (Å²) in [7, 11) is 0. The Morgan fingerprint density at radius 3 is 2.65 bits per heavy atom. The third-order valence-corrected chi connectivity index (χ3v) is 3.64. The lowest BCUT2D eigenvalue weighted by Gasteiger charge is -2.08. The van der Waals surface area contributed by atoms with E-state index in [1.54, 1.807) is 12.3 Å². The molecule has 2 rings (SSSR count). The van der Waals surface area contributed by atoms with E-state index < -0.39 is 0 Å². The van der Waals surface area contributed by atoms with Crippen LogP contribution in [0.3, 0.4) is 0 Å². The molecule has 0 saturated heterocycles. The van der Waals surface area contributed by atoms with Gasteiger partial charge in [-0.15, -0.1) is 0 Å². The number of hydrogen-bond donors (Lipinski definition) is 0. The van der Waals surface area contributed by atoms with E-state index in [0.29, 0.717) is 17.5 Å². The number of benzene rings is 1. The molecule has 1 heterocycles. The van der Waals surface area contributed by atoms with E-state index in [1.807, 2.05) is 24.3 Å². The first-order valence-electron chi connectivity index (χ1n) is 4.84. The van der Waals surface area contributed by atoms with Crippen LogP contribution in [0.15, 0.2) is 45.5 Å². The second kappa shape index (κ2) is 5.85. The molecular formula is C12H8Br2ClNO. The topological polar surface area (TPSA) is 22.1 Å². The van der Waals surface area contributed by atoms with Crippen molar-refractivity contribution in [1.29, 1.82) is 0 Å². The van der Waals surface area contributed by atoms with E-state index in [2.05, 4.69) is 36.8 Å². The fraction of sp³-hybridized carbons (Fsp3) is 0.0833. The second-order valence-corrected chi connectivity index (χ2v) is 5.47. The van der Waals surface area contributed by atoms with E-state index >= 15 is 0 Å². The highest BCUT2D eigenvalue weighted by molar-refractivity contribution is 9.10. The molecule has 0 aliphatic heterocycles. The highest BCUT2D eigenvalue weighted by Gasteiger charge is 2.05. The van der Waals surface area contributed by atoms with Crippen LogP contribution in [0.5, 0.6) is 5.88 Å². The van der Waals surface area contributed by atoms with Crippen molar-refractivity contribution in [3.8, 4) is 5.88 Å². The van der Waals surface area contributed by atoms with Crippen molar-refractivity contribution in [2.45, 2.75) is 6.61 Å². The minimum atomic E-state index is 0.453. The quantitative estimate of drug-likeness (QED) is 0.764. The zero-order chi connectivity index (χ0) is 12.3. The molecule has 2 nitrogen and oxygen atoms in total. The molecule has 0 aliphatic rings. The summed E-state index contributed by atoms with van der Waals surface area (Å²) >= 11 is 12.6. The maximum Gasteiger partial charge on any atom is 0.228 e. The molecule has 0 N–H and O–H groups in total. The minimum Gasteiger partial charge on any atom is -0.472 e. The van der Waals surface area contributed by atoms with Gasteiger partial charge in [0.25, 0.3) is 0 Å². The lowest BCUT2D eigenvalue weighted by atomic mass is 10.2. The van der Waals surface area contributed by atoms with Gasteiger partial charge in [0.1, 0.15) is 6.61 Å². The van der Waals surface area contributed by atoms with Crippen molar-refractivity contribution in [3.05, 3.63) is 56.1 Å². The molecule has 0 atom stereocenters. The second-order valence-electron chi connectivity index (χ2n) is 3.32. The Morgan fingerprint density at radius 1 is 1.18 bits per heavy atom. The molecular weight excluding hydrogens is 369 g/mol. The van der Waals surface area contributed by atoms with E-state index in [9.17, 15) is 0 Å². The predicted molar refractivity (Wildman–Crippen MR) is 75.4 cm³/mol. The largest absolute Gasteiger partial charge is 0.472 e. The van der Waals surface area contributed by atoms with Crippen molar-refractivity contribution in [3.63, 3.8) is 0 Å². The summed E-state index contributed by atoms with van der Waals surface area (Å²) in [6.45, 7) is 0.453. The molecule has 0 fully saturated rings. The first kappa shape index (κ1) is 12.9. The van der Waals surface area contributed by atoms with Crippen LogP contribution in [0.4, 0.5) is 0 Å². The van der Waals surface area contributed by atoms with Crippen molar-refractivity contribution >= 4 is 43.5 Å². The van der Waals surface area contributed by atoms with Crippen molar-refractivity contribution < 1.29 is 4.74 Å². The predicted octanol–water partition coefficient (Wildman–Crippen LogP) is 4.84. The van der Waals surface area contributed by atoms with Gasteiger partial charge in [-0.3, -0.25) is 0 Å². The molecule has 0 unspecified atom stereocenters. The van der Waals surface area contributed by atoms with Crippen LogP contribution in [-0.2, 0) is 6.61 Å². The molecule has 0 saturated carbocycles. The summed E-state index contributed by atoms with van der Waals surface area (Å²) in [5, 5.41) is 0.574. The summed E-state index contributed by atoms with van der Waals surface area (Å²) in [5.74, 6) is 0.533. The molecule has 5 heteroatoms. The highest BCUT2D eigenvalue weighted by Crippen LogP contribution is 2.26. The monoisotopic (exact) mass is 375 g/mol. The first-order valence-corrected chi connectivity index (χ1v) is 6.80. The van der Waals surface area contributed by atoms with Crippen LogP contribution in [0.1, 0.15) is 5.56 Å². The van der Waals surface area contributed by atoms with Crippen LogP contribution >= 0.6 is 43.5 Å². The summed E-state index contributed by atoms with van der Waals surface area (Å²) in [4.78, 5) is 4.11. The van der Waals surface area contributed by atoms with Gasteiger partial charge in [0.05, 0.1) is 9.50 Å². The minimum absolute atomic E-state index is 0.453. The maximum atomic E-state index is 5.80. The highest BCUT2D eigenvalue weighted by atomic mass is 79.9. The molecule has 2 aromatic rings. The number of ether oxygens (including phenoxy) is 1. The zero-order valence-electron chi connectivity index (χ0n) is 8.66. The van der Waals surface area contributed by atoms with Crippen LogP contribution in [-0.4, -0.2) is 4.98 Å². The summed E-state index contributed by atoms with van der Waals surface area (Å²) < 4.78 is 7.38. The van der Waals surface area contributed by atoms with E-state index in [0.717, 1.165) is 14.5 Å². The Balaban J connectivity index is 2.10. The standard InChI is InChI=1S/C12H8Br2ClNO/c13-10-4-2-1-3-8(10)7-17-12-11(14)5-9(15)6-16-12/h1-6H,7H2. The Labute approximate surface area is 121 Å². The third kappa shape index (κ3) is 3.44. The van der Waals surface area contributed by atoms with E-state index in [1.165, 1.54) is 0 Å². The first-order chi connectivity index (χ1) is 8.16. The van der Waals surface area contributed by atoms with Gasteiger partial charge in [0.2, 0.25) is 5.88 Å². The molecule has 0 radical (unpaired) electrons. The summed E-state index contributed by atoms with van der Waals surface area (Å²) in [6, 6.07) is 9.65. The summed E-state index contributed by atoms with van der Waals surface area (Å²) in [5.41, 5.74) is 1.07. The Bertz CT molecular complexity index is 534. The molecule has 0 amide bonds. The normalized spacial score (nSPS) is 10.3. The van der Waals surface area contributed by atoms with Crippen LogP contribution in [0.25, 0.3) is 0 Å². The van der Waals surface area contributed by atoms with Crippen molar-refractivity contribution in [1.82, 2.24) is 4.98 Å². The molecule has 0 bridgehead atoms. The van der Waals surface area contributed by atoms with Gasteiger partial charge in [0, 0.05) is 16.2 Å². The van der Waals surface area contributed by atoms with Crippen molar-refractivity contribution in [2.24, 2.45) is 0 Å². The fourth-order valence-electron chi connectivity index (χ4n) is 1.27. The SMILES string of the molecule is Clc1cnc(OCc2ccccc2Br)c(Br)c1. The summed E-state index contributed by atoms with van der Waals surface area (Å²) in [6.07, 6.45) is 1.56. The molecule has 0 aliphatic carbocycles. The number of hydrogen-bond acceptors (Lipinski definition) is 2. The average Bonchev–Trinajstić information content (AvgIpc) is 2.30. The maximum absolute atomic E-state index is 5.80. The zero-order valence-corrected chi connectivity index (χ0v) is 12.6. The van der Waals surface area contributed by atoms with Gasteiger partial charge in [-0.1, -0.05) is 45.7 Å². The molecule has 88 valence electrons. The van der Waals surface area contributed by atoms with Crippen LogP contribution in [0, 0.1) is 0 Å². The lowest BCUT2D eigenvalue weighted by Crippen LogP contribution is -1.98. The van der Waals surface area contributed by atoms with E-state index in [-0.39, 0.29) is 0 Å². The van der Waals surface area contributed by atoms with Crippen molar-refractivity contribution in [2.75, 3.05) is 0 Å². The fourth-order valence-corrected chi connectivity index (χ4v) is 2.42. The average molecular weight is 377 g/mol. The van der Waals surface area contributed by atoms with Gasteiger partial charge in [0.15, 0.2) is 0 Å². The molecule has 1 aromatic carbocycles. The van der Waals surface area contributed by atoms with E-state index in [4.69, 9.17) is 16.3 Å². The lowest BCUT2D eigenvalue weighted by molar-refractivity contribution is 0.291. The smallest absolute Gasteiger partial charge is 0.228 e. The number of rotatable bonds is 3. The third-order valence-electron chi connectivity index (χ3n) is 2.10. The van der Waals surface area contributed by atoms with Gasteiger partial charge in [-0.25, -0.2) is 4.98 Å². The molecule has 0 spiro atoms. The molecule has 1 aromatic heterocycles. The number of aromatic nitrogens is 1.